The lowest BCUT2D eigenvalue weighted by Gasteiger charge is -2.05. The van der Waals surface area contributed by atoms with Crippen LogP contribution in [0, 0.1) is 0 Å². The molecule has 2 N–H and O–H groups in total. The van der Waals surface area contributed by atoms with Gasteiger partial charge >= 0.3 is 0 Å². The Morgan fingerprint density at radius 2 is 1.86 bits per heavy atom. The number of nitrogens with zero attached hydrogens (tertiary/aromatic N) is 1. The van der Waals surface area contributed by atoms with Crippen molar-refractivity contribution in [3.63, 3.8) is 0 Å². The van der Waals surface area contributed by atoms with Crippen LogP contribution in [0.5, 0.6) is 5.75 Å². The van der Waals surface area contributed by atoms with Crippen LogP contribution in [-0.2, 0) is 22.6 Å². The maximum absolute atomic E-state index is 12.1. The molecule has 0 unspecified atom stereocenters. The molecule has 6 nitrogen and oxygen atoms in total. The van der Waals surface area contributed by atoms with Crippen molar-refractivity contribution >= 4 is 34.4 Å². The molecule has 2 aromatic carbocycles. The van der Waals surface area contributed by atoms with Crippen molar-refractivity contribution in [2.45, 2.75) is 13.0 Å². The van der Waals surface area contributed by atoms with E-state index in [1.54, 1.807) is 18.6 Å². The Morgan fingerprint density at radius 3 is 2.59 bits per heavy atom. The molecule has 0 atom stereocenters. The molecular formula is C22H21N3O3S. The summed E-state index contributed by atoms with van der Waals surface area (Å²) in [7, 11) is 1.61. The van der Waals surface area contributed by atoms with Crippen LogP contribution in [0.15, 0.2) is 66.1 Å². The summed E-state index contributed by atoms with van der Waals surface area (Å²) in [4.78, 5) is 28.4. The fraction of sp³-hybridized carbons (Fsp3) is 0.136. The number of methoxy groups -OCH3 is 1. The van der Waals surface area contributed by atoms with Crippen molar-refractivity contribution in [1.82, 2.24) is 10.3 Å². The molecule has 3 rings (SSSR count). The average molecular weight is 407 g/mol. The summed E-state index contributed by atoms with van der Waals surface area (Å²) in [5.74, 6) is 0.377. The number of aromatic nitrogens is 1. The molecule has 7 heteroatoms. The third-order valence-corrected chi connectivity index (χ3v) is 4.81. The Balaban J connectivity index is 1.45. The fourth-order valence-corrected chi connectivity index (χ4v) is 3.21. The molecule has 0 aliphatic heterocycles. The highest BCUT2D eigenvalue weighted by atomic mass is 32.1. The van der Waals surface area contributed by atoms with Crippen LogP contribution in [0.4, 0.5) is 5.13 Å². The van der Waals surface area contributed by atoms with Gasteiger partial charge in [-0.15, -0.1) is 11.3 Å². The number of ether oxygens (including phenoxy) is 1. The van der Waals surface area contributed by atoms with Crippen LogP contribution >= 0.6 is 11.3 Å². The summed E-state index contributed by atoms with van der Waals surface area (Å²) >= 11 is 1.29. The molecule has 0 saturated heterocycles. The first-order chi connectivity index (χ1) is 14.1. The number of benzene rings is 2. The largest absolute Gasteiger partial charge is 0.497 e. The molecule has 0 fully saturated rings. The number of anilines is 1. The predicted octanol–water partition coefficient (Wildman–Crippen LogP) is 3.66. The van der Waals surface area contributed by atoms with Crippen molar-refractivity contribution in [3.8, 4) is 5.75 Å². The minimum Gasteiger partial charge on any atom is -0.497 e. The smallest absolute Gasteiger partial charge is 0.250 e. The van der Waals surface area contributed by atoms with E-state index in [0.717, 1.165) is 16.9 Å². The Labute approximate surface area is 173 Å². The second kappa shape index (κ2) is 10.2. The molecule has 0 radical (unpaired) electrons. The second-order valence-electron chi connectivity index (χ2n) is 6.18. The summed E-state index contributed by atoms with van der Waals surface area (Å²) in [5, 5.41) is 7.80. The number of carbonyl (C=O) groups is 2. The molecule has 1 heterocycles. The number of rotatable bonds is 8. The van der Waals surface area contributed by atoms with E-state index in [1.165, 1.54) is 17.4 Å². The second-order valence-corrected chi connectivity index (χ2v) is 7.04. The summed E-state index contributed by atoms with van der Waals surface area (Å²) in [6, 6.07) is 17.1. The summed E-state index contributed by atoms with van der Waals surface area (Å²) in [5.41, 5.74) is 2.54. The Bertz CT molecular complexity index is 982. The van der Waals surface area contributed by atoms with Gasteiger partial charge in [-0.1, -0.05) is 42.5 Å². The third-order valence-electron chi connectivity index (χ3n) is 4.00. The van der Waals surface area contributed by atoms with Crippen LogP contribution < -0.4 is 15.4 Å². The quantitative estimate of drug-likeness (QED) is 0.559. The Morgan fingerprint density at radius 1 is 1.10 bits per heavy atom. The first-order valence-electron chi connectivity index (χ1n) is 9.00. The van der Waals surface area contributed by atoms with Gasteiger partial charge in [0.25, 0.3) is 0 Å². The van der Waals surface area contributed by atoms with E-state index in [9.17, 15) is 9.59 Å². The zero-order chi connectivity index (χ0) is 20.5. The molecule has 29 heavy (non-hydrogen) atoms. The highest BCUT2D eigenvalue weighted by Crippen LogP contribution is 2.16. The summed E-state index contributed by atoms with van der Waals surface area (Å²) < 4.78 is 5.11. The molecule has 1 aromatic heterocycles. The molecule has 0 bridgehead atoms. The number of nitrogens with one attached hydrogen (secondary N) is 2. The minimum absolute atomic E-state index is 0.132. The van der Waals surface area contributed by atoms with Gasteiger partial charge in [0, 0.05) is 18.0 Å². The van der Waals surface area contributed by atoms with Crippen molar-refractivity contribution < 1.29 is 14.3 Å². The number of hydrogen-bond donors (Lipinski definition) is 2. The van der Waals surface area contributed by atoms with Crippen LogP contribution in [0.25, 0.3) is 6.08 Å². The van der Waals surface area contributed by atoms with Crippen molar-refractivity contribution in [2.75, 3.05) is 12.4 Å². The molecule has 2 amide bonds. The normalized spacial score (nSPS) is 10.7. The molecule has 3 aromatic rings. The van der Waals surface area contributed by atoms with Crippen LogP contribution in [0.2, 0.25) is 0 Å². The number of amides is 2. The molecular weight excluding hydrogens is 386 g/mol. The number of thiazole rings is 1. The van der Waals surface area contributed by atoms with E-state index in [1.807, 2.05) is 54.6 Å². The van der Waals surface area contributed by atoms with E-state index < -0.39 is 0 Å². The van der Waals surface area contributed by atoms with Crippen molar-refractivity contribution in [3.05, 3.63) is 82.9 Å². The van der Waals surface area contributed by atoms with Crippen LogP contribution in [0.3, 0.4) is 0 Å². The van der Waals surface area contributed by atoms with Gasteiger partial charge in [0.1, 0.15) is 5.75 Å². The van der Waals surface area contributed by atoms with Gasteiger partial charge in [0.15, 0.2) is 5.13 Å². The molecule has 0 spiro atoms. The predicted molar refractivity (Wildman–Crippen MR) is 115 cm³/mol. The average Bonchev–Trinajstić information content (AvgIpc) is 3.18. The minimum atomic E-state index is -0.265. The lowest BCUT2D eigenvalue weighted by molar-refractivity contribution is -0.120. The zero-order valence-electron chi connectivity index (χ0n) is 15.9. The van der Waals surface area contributed by atoms with E-state index in [-0.39, 0.29) is 18.2 Å². The van der Waals surface area contributed by atoms with Crippen molar-refractivity contribution in [2.24, 2.45) is 0 Å². The first kappa shape index (κ1) is 20.3. The van der Waals surface area contributed by atoms with Crippen molar-refractivity contribution in [1.29, 1.82) is 0 Å². The van der Waals surface area contributed by atoms with Crippen LogP contribution in [0.1, 0.15) is 16.8 Å². The standard InChI is InChI=1S/C22H21N3O3S/c1-28-19-10-7-17(8-11-19)14-23-21(27)13-18-15-29-22(24-18)25-20(26)12-9-16-5-3-2-4-6-16/h2-12,15H,13-14H2,1H3,(H,23,27)(H,24,25,26)/b12-9+. The van der Waals surface area contributed by atoms with E-state index >= 15 is 0 Å². The lowest BCUT2D eigenvalue weighted by Crippen LogP contribution is -2.24. The maximum Gasteiger partial charge on any atom is 0.250 e. The molecule has 0 aliphatic rings. The highest BCUT2D eigenvalue weighted by molar-refractivity contribution is 7.14. The number of carbonyl (C=O) groups excluding carboxylic acids is 2. The first-order valence-corrected chi connectivity index (χ1v) is 9.88. The Hall–Kier alpha value is -3.45. The molecule has 0 aliphatic carbocycles. The Kier molecular flexibility index (Phi) is 7.13. The summed E-state index contributed by atoms with van der Waals surface area (Å²) in [6.45, 7) is 0.431. The van der Waals surface area contributed by atoms with Gasteiger partial charge in [-0.25, -0.2) is 4.98 Å². The van der Waals surface area contributed by atoms with Gasteiger partial charge in [0.05, 0.1) is 19.2 Å². The third kappa shape index (κ3) is 6.58. The monoisotopic (exact) mass is 407 g/mol. The molecule has 148 valence electrons. The van der Waals surface area contributed by atoms with Gasteiger partial charge in [-0.05, 0) is 29.3 Å². The fourth-order valence-electron chi connectivity index (χ4n) is 2.50. The molecule has 0 saturated carbocycles. The van der Waals surface area contributed by atoms with Crippen LogP contribution in [-0.4, -0.2) is 23.9 Å². The van der Waals surface area contributed by atoms with E-state index in [2.05, 4.69) is 15.6 Å². The maximum atomic E-state index is 12.1. The topological polar surface area (TPSA) is 80.3 Å². The van der Waals surface area contributed by atoms with E-state index in [0.29, 0.717) is 17.4 Å². The van der Waals surface area contributed by atoms with E-state index in [4.69, 9.17) is 4.74 Å². The SMILES string of the molecule is COc1ccc(CNC(=O)Cc2csc(NC(=O)/C=C/c3ccccc3)n2)cc1. The zero-order valence-corrected chi connectivity index (χ0v) is 16.7. The van der Waals surface area contributed by atoms with Gasteiger partial charge in [-0.2, -0.15) is 0 Å². The van der Waals surface area contributed by atoms with Gasteiger partial charge in [0.2, 0.25) is 11.8 Å². The summed E-state index contributed by atoms with van der Waals surface area (Å²) in [6.07, 6.45) is 3.34. The lowest BCUT2D eigenvalue weighted by atomic mass is 10.2. The van der Waals surface area contributed by atoms with Gasteiger partial charge in [-0.3, -0.25) is 14.9 Å². The van der Waals surface area contributed by atoms with Gasteiger partial charge < -0.3 is 10.1 Å². The highest BCUT2D eigenvalue weighted by Gasteiger charge is 2.09. The number of hydrogen-bond acceptors (Lipinski definition) is 5.